The lowest BCUT2D eigenvalue weighted by atomic mass is 9.89. The lowest BCUT2D eigenvalue weighted by Gasteiger charge is -2.22. The van der Waals surface area contributed by atoms with Gasteiger partial charge in [-0.1, -0.05) is 44.0 Å². The quantitative estimate of drug-likeness (QED) is 0.683. The molecule has 0 spiro atoms. The van der Waals surface area contributed by atoms with Gasteiger partial charge in [0.05, 0.1) is 15.2 Å². The maximum Gasteiger partial charge on any atom is 0.181 e. The number of ketones is 2. The van der Waals surface area contributed by atoms with Crippen LogP contribution in [0.1, 0.15) is 20.7 Å². The van der Waals surface area contributed by atoms with Gasteiger partial charge in [-0.2, -0.15) is 0 Å². The van der Waals surface area contributed by atoms with Gasteiger partial charge in [0.1, 0.15) is 5.82 Å². The molecule has 2 rings (SSSR count). The topological polar surface area (TPSA) is 34.1 Å². The molecule has 15 heavy (non-hydrogen) atoms. The average Bonchev–Trinajstić information content (AvgIpc) is 2.23. The summed E-state index contributed by atoms with van der Waals surface area (Å²) in [6, 6.07) is 4.07. The number of hydrogen-bond acceptors (Lipinski definition) is 2. The van der Waals surface area contributed by atoms with E-state index in [1.54, 1.807) is 0 Å². The number of Topliss-reactive ketones (excluding diaryl/α,β-unsaturated/α-hetero) is 2. The van der Waals surface area contributed by atoms with Gasteiger partial charge in [0.2, 0.25) is 0 Å². The maximum absolute atomic E-state index is 13.4. The zero-order valence-electron chi connectivity index (χ0n) is 7.34. The van der Waals surface area contributed by atoms with Gasteiger partial charge in [0.25, 0.3) is 0 Å². The number of fused-ring (bicyclic) bond motifs is 1. The molecule has 2 unspecified atom stereocenters. The van der Waals surface area contributed by atoms with Crippen molar-refractivity contribution < 1.29 is 14.0 Å². The van der Waals surface area contributed by atoms with Gasteiger partial charge in [-0.05, 0) is 6.07 Å². The highest BCUT2D eigenvalue weighted by Crippen LogP contribution is 2.31. The van der Waals surface area contributed by atoms with E-state index in [4.69, 9.17) is 0 Å². The summed E-state index contributed by atoms with van der Waals surface area (Å²) in [5, 5.41) is 0. The van der Waals surface area contributed by atoms with Crippen molar-refractivity contribution in [3.63, 3.8) is 0 Å². The van der Waals surface area contributed by atoms with Crippen LogP contribution < -0.4 is 0 Å². The van der Waals surface area contributed by atoms with Crippen LogP contribution in [0.3, 0.4) is 0 Å². The molecule has 0 aliphatic heterocycles. The maximum atomic E-state index is 13.4. The van der Waals surface area contributed by atoms with Crippen LogP contribution in [-0.4, -0.2) is 21.2 Å². The number of hydrogen-bond donors (Lipinski definition) is 0. The normalized spacial score (nSPS) is 25.3. The molecule has 2 atom stereocenters. The molecule has 1 aromatic rings. The zero-order chi connectivity index (χ0) is 11.2. The van der Waals surface area contributed by atoms with Crippen LogP contribution in [0.25, 0.3) is 0 Å². The lowest BCUT2D eigenvalue weighted by Crippen LogP contribution is -2.38. The molecule has 0 amide bonds. The lowest BCUT2D eigenvalue weighted by molar-refractivity contribution is 0.0904. The highest BCUT2D eigenvalue weighted by molar-refractivity contribution is 9.12. The minimum Gasteiger partial charge on any atom is -0.293 e. The number of halogens is 3. The van der Waals surface area contributed by atoms with Crippen molar-refractivity contribution in [2.24, 2.45) is 0 Å². The van der Waals surface area contributed by atoms with Crippen molar-refractivity contribution in [3.05, 3.63) is 35.1 Å². The van der Waals surface area contributed by atoms with Crippen molar-refractivity contribution in [1.82, 2.24) is 0 Å². The van der Waals surface area contributed by atoms with Crippen LogP contribution in [0.15, 0.2) is 18.2 Å². The average molecular weight is 336 g/mol. The Labute approximate surface area is 102 Å². The van der Waals surface area contributed by atoms with Gasteiger partial charge in [0, 0.05) is 5.56 Å². The van der Waals surface area contributed by atoms with E-state index in [9.17, 15) is 14.0 Å². The fraction of sp³-hybridized carbons (Fsp3) is 0.200. The van der Waals surface area contributed by atoms with Crippen molar-refractivity contribution in [3.8, 4) is 0 Å². The standard InChI is InChI=1S/C10H5Br2FO2/c11-7-8(12)10(15)6-4(9(7)14)2-1-3-5(6)13/h1-3,7-8H. The smallest absolute Gasteiger partial charge is 0.181 e. The van der Waals surface area contributed by atoms with Crippen LogP contribution in [-0.2, 0) is 0 Å². The molecule has 0 N–H and O–H groups in total. The van der Waals surface area contributed by atoms with Gasteiger partial charge in [-0.25, -0.2) is 4.39 Å². The van der Waals surface area contributed by atoms with E-state index >= 15 is 0 Å². The molecule has 0 saturated heterocycles. The van der Waals surface area contributed by atoms with E-state index < -0.39 is 21.3 Å². The van der Waals surface area contributed by atoms with Crippen LogP contribution >= 0.6 is 31.9 Å². The Bertz CT molecular complexity index is 459. The van der Waals surface area contributed by atoms with E-state index in [2.05, 4.69) is 31.9 Å². The van der Waals surface area contributed by atoms with Gasteiger partial charge < -0.3 is 0 Å². The Morgan fingerprint density at radius 1 is 1.07 bits per heavy atom. The first-order chi connectivity index (χ1) is 7.04. The molecule has 1 aliphatic rings. The summed E-state index contributed by atoms with van der Waals surface area (Å²) in [7, 11) is 0. The molecule has 1 aliphatic carbocycles. The number of carbonyl (C=O) groups is 2. The number of benzene rings is 1. The largest absolute Gasteiger partial charge is 0.293 e. The summed E-state index contributed by atoms with van der Waals surface area (Å²) >= 11 is 6.19. The summed E-state index contributed by atoms with van der Waals surface area (Å²) in [6.45, 7) is 0. The second-order valence-electron chi connectivity index (χ2n) is 3.19. The van der Waals surface area contributed by atoms with Gasteiger partial charge >= 0.3 is 0 Å². The third-order valence-corrected chi connectivity index (χ3v) is 4.88. The van der Waals surface area contributed by atoms with E-state index in [-0.39, 0.29) is 16.9 Å². The van der Waals surface area contributed by atoms with Crippen LogP contribution in [0.4, 0.5) is 4.39 Å². The number of carbonyl (C=O) groups excluding carboxylic acids is 2. The predicted octanol–water partition coefficient (Wildman–Crippen LogP) is 2.73. The molecule has 5 heteroatoms. The molecular formula is C10H5Br2FO2. The third kappa shape index (κ3) is 1.58. The second-order valence-corrected chi connectivity index (χ2v) is 5.17. The van der Waals surface area contributed by atoms with Crippen LogP contribution in [0.2, 0.25) is 0 Å². The van der Waals surface area contributed by atoms with Crippen molar-refractivity contribution in [2.75, 3.05) is 0 Å². The molecule has 0 saturated carbocycles. The van der Waals surface area contributed by atoms with Gasteiger partial charge in [-0.3, -0.25) is 9.59 Å². The SMILES string of the molecule is O=C1c2cccc(F)c2C(=O)C(Br)C1Br. The first-order valence-electron chi connectivity index (χ1n) is 4.19. The van der Waals surface area contributed by atoms with E-state index in [1.807, 2.05) is 0 Å². The number of alkyl halides is 2. The molecular weight excluding hydrogens is 331 g/mol. The van der Waals surface area contributed by atoms with E-state index in [0.717, 1.165) is 0 Å². The molecule has 0 bridgehead atoms. The summed E-state index contributed by atoms with van der Waals surface area (Å²) in [4.78, 5) is 22.1. The summed E-state index contributed by atoms with van der Waals surface area (Å²) in [6.07, 6.45) is 0. The van der Waals surface area contributed by atoms with Crippen LogP contribution in [0.5, 0.6) is 0 Å². The summed E-state index contributed by atoms with van der Waals surface area (Å²) in [5.74, 6) is -1.31. The third-order valence-electron chi connectivity index (χ3n) is 2.28. The fourth-order valence-corrected chi connectivity index (χ4v) is 2.49. The highest BCUT2D eigenvalue weighted by Gasteiger charge is 2.39. The fourth-order valence-electron chi connectivity index (χ4n) is 1.53. The van der Waals surface area contributed by atoms with Gasteiger partial charge in [0.15, 0.2) is 11.6 Å². The number of rotatable bonds is 0. The monoisotopic (exact) mass is 334 g/mol. The van der Waals surface area contributed by atoms with E-state index in [1.165, 1.54) is 18.2 Å². The summed E-state index contributed by atoms with van der Waals surface area (Å²) < 4.78 is 13.4. The first-order valence-corrected chi connectivity index (χ1v) is 6.02. The minimum atomic E-state index is -0.700. The van der Waals surface area contributed by atoms with Gasteiger partial charge in [-0.15, -0.1) is 0 Å². The molecule has 0 heterocycles. The Morgan fingerprint density at radius 2 is 1.67 bits per heavy atom. The Balaban J connectivity index is 2.70. The van der Waals surface area contributed by atoms with Crippen molar-refractivity contribution in [1.29, 1.82) is 0 Å². The van der Waals surface area contributed by atoms with E-state index in [0.29, 0.717) is 0 Å². The molecule has 0 radical (unpaired) electrons. The predicted molar refractivity (Wildman–Crippen MR) is 60.5 cm³/mol. The van der Waals surface area contributed by atoms with Crippen molar-refractivity contribution >= 4 is 43.4 Å². The Hall–Kier alpha value is -0.550. The molecule has 2 nitrogen and oxygen atoms in total. The molecule has 0 aromatic heterocycles. The van der Waals surface area contributed by atoms with Crippen molar-refractivity contribution in [2.45, 2.75) is 9.65 Å². The zero-order valence-corrected chi connectivity index (χ0v) is 10.5. The Kier molecular flexibility index (Phi) is 2.77. The highest BCUT2D eigenvalue weighted by atomic mass is 79.9. The van der Waals surface area contributed by atoms with Crippen LogP contribution in [0, 0.1) is 5.82 Å². The Morgan fingerprint density at radius 3 is 2.33 bits per heavy atom. The molecule has 1 aromatic carbocycles. The second kappa shape index (κ2) is 3.79. The molecule has 78 valence electrons. The minimum absolute atomic E-state index is 0.111. The molecule has 0 fully saturated rings. The summed E-state index contributed by atoms with van der Waals surface area (Å²) in [5.41, 5.74) is 0.0395. The first kappa shape index (κ1) is 11.0.